The van der Waals surface area contributed by atoms with Crippen LogP contribution in [0.5, 0.6) is 0 Å². The van der Waals surface area contributed by atoms with Crippen LogP contribution < -0.4 is 10.2 Å². The van der Waals surface area contributed by atoms with Crippen molar-refractivity contribution in [1.29, 1.82) is 0 Å². The van der Waals surface area contributed by atoms with Gasteiger partial charge in [0.25, 0.3) is 5.91 Å². The van der Waals surface area contributed by atoms with Crippen molar-refractivity contribution >= 4 is 17.4 Å². The van der Waals surface area contributed by atoms with E-state index in [1.54, 1.807) is 11.9 Å². The van der Waals surface area contributed by atoms with Crippen LogP contribution >= 0.6 is 0 Å². The van der Waals surface area contributed by atoms with E-state index in [4.69, 9.17) is 0 Å². The van der Waals surface area contributed by atoms with Crippen LogP contribution in [-0.2, 0) is 0 Å². The Labute approximate surface area is 117 Å². The van der Waals surface area contributed by atoms with Crippen LogP contribution in [-0.4, -0.2) is 24.5 Å². The molecule has 1 amide bonds. The summed E-state index contributed by atoms with van der Waals surface area (Å²) in [7, 11) is 1.65. The first-order valence-electron chi connectivity index (χ1n) is 6.37. The van der Waals surface area contributed by atoms with Crippen molar-refractivity contribution in [1.82, 2.24) is 4.98 Å². The number of para-hydroxylation sites is 1. The van der Waals surface area contributed by atoms with Gasteiger partial charge in [0.1, 0.15) is 11.6 Å². The third-order valence-electron chi connectivity index (χ3n) is 2.95. The van der Waals surface area contributed by atoms with E-state index < -0.39 is 5.82 Å². The molecule has 20 heavy (non-hydrogen) atoms. The Hall–Kier alpha value is -2.43. The lowest BCUT2D eigenvalue weighted by molar-refractivity contribution is 0.0988. The van der Waals surface area contributed by atoms with Crippen molar-refractivity contribution in [2.24, 2.45) is 0 Å². The molecule has 0 aliphatic carbocycles. The zero-order chi connectivity index (χ0) is 14.5. The molecule has 1 aromatic carbocycles. The largest absolute Gasteiger partial charge is 0.372 e. The highest BCUT2D eigenvalue weighted by atomic mass is 19.1. The van der Waals surface area contributed by atoms with Crippen molar-refractivity contribution in [2.45, 2.75) is 6.92 Å². The summed E-state index contributed by atoms with van der Waals surface area (Å²) in [6, 6.07) is 10.5. The van der Waals surface area contributed by atoms with Crippen molar-refractivity contribution in [3.8, 4) is 0 Å². The van der Waals surface area contributed by atoms with Crippen LogP contribution in [0, 0.1) is 5.82 Å². The van der Waals surface area contributed by atoms with E-state index >= 15 is 0 Å². The highest BCUT2D eigenvalue weighted by molar-refractivity contribution is 6.09. The Balaban J connectivity index is 2.41. The lowest BCUT2D eigenvalue weighted by atomic mass is 10.2. The van der Waals surface area contributed by atoms with Crippen molar-refractivity contribution < 1.29 is 9.18 Å². The molecule has 0 unspecified atom stereocenters. The van der Waals surface area contributed by atoms with Crippen molar-refractivity contribution in [3.63, 3.8) is 0 Å². The highest BCUT2D eigenvalue weighted by Crippen LogP contribution is 2.20. The molecule has 104 valence electrons. The number of carbonyl (C=O) groups is 1. The Morgan fingerprint density at radius 3 is 2.65 bits per heavy atom. The Bertz CT molecular complexity index is 601. The molecular formula is C15H16FN3O. The van der Waals surface area contributed by atoms with Gasteiger partial charge >= 0.3 is 0 Å². The predicted molar refractivity (Wildman–Crippen MR) is 77.5 cm³/mol. The zero-order valence-corrected chi connectivity index (χ0v) is 11.4. The molecule has 1 heterocycles. The Kier molecular flexibility index (Phi) is 4.30. The molecule has 2 aromatic rings. The van der Waals surface area contributed by atoms with Gasteiger partial charge in [-0.3, -0.25) is 4.79 Å². The quantitative estimate of drug-likeness (QED) is 0.931. The van der Waals surface area contributed by atoms with Crippen molar-refractivity contribution in [2.75, 3.05) is 23.8 Å². The number of rotatable bonds is 4. The van der Waals surface area contributed by atoms with Gasteiger partial charge in [-0.15, -0.1) is 0 Å². The average Bonchev–Trinajstić information content (AvgIpc) is 2.49. The third-order valence-corrected chi connectivity index (χ3v) is 2.95. The van der Waals surface area contributed by atoms with Crippen LogP contribution in [0.4, 0.5) is 15.9 Å². The molecule has 0 saturated carbocycles. The number of nitrogens with zero attached hydrogens (tertiary/aromatic N) is 2. The van der Waals surface area contributed by atoms with Gasteiger partial charge in [0.05, 0.1) is 11.8 Å². The second-order valence-corrected chi connectivity index (χ2v) is 4.18. The summed E-state index contributed by atoms with van der Waals surface area (Å²) in [5, 5.41) is 2.81. The van der Waals surface area contributed by atoms with Gasteiger partial charge in [-0.25, -0.2) is 9.37 Å². The summed E-state index contributed by atoms with van der Waals surface area (Å²) < 4.78 is 13.4. The maximum Gasteiger partial charge on any atom is 0.262 e. The van der Waals surface area contributed by atoms with Crippen LogP contribution in [0.25, 0.3) is 0 Å². The number of amides is 1. The molecule has 0 aliphatic rings. The summed E-state index contributed by atoms with van der Waals surface area (Å²) >= 11 is 0. The number of nitrogens with one attached hydrogen (secondary N) is 1. The predicted octanol–water partition coefficient (Wildman–Crippen LogP) is 2.93. The van der Waals surface area contributed by atoms with Gasteiger partial charge in [-0.2, -0.15) is 0 Å². The van der Waals surface area contributed by atoms with E-state index in [9.17, 15) is 9.18 Å². The lowest BCUT2D eigenvalue weighted by Crippen LogP contribution is -2.31. The minimum absolute atomic E-state index is 0.221. The molecule has 1 aromatic heterocycles. The zero-order valence-electron chi connectivity index (χ0n) is 11.4. The Morgan fingerprint density at radius 2 is 2.05 bits per heavy atom. The van der Waals surface area contributed by atoms with Gasteiger partial charge in [0, 0.05) is 19.3 Å². The van der Waals surface area contributed by atoms with Gasteiger partial charge < -0.3 is 10.2 Å². The number of pyridine rings is 1. The van der Waals surface area contributed by atoms with Gasteiger partial charge in [-0.1, -0.05) is 18.2 Å². The highest BCUT2D eigenvalue weighted by Gasteiger charge is 2.20. The molecule has 0 radical (unpaired) electrons. The molecule has 0 fully saturated rings. The molecular weight excluding hydrogens is 257 g/mol. The number of anilines is 2. The van der Waals surface area contributed by atoms with E-state index in [-0.39, 0.29) is 11.5 Å². The van der Waals surface area contributed by atoms with Crippen LogP contribution in [0.15, 0.2) is 42.6 Å². The minimum Gasteiger partial charge on any atom is -0.372 e. The number of halogens is 1. The molecule has 5 heteroatoms. The topological polar surface area (TPSA) is 45.2 Å². The van der Waals surface area contributed by atoms with Gasteiger partial charge in [0.2, 0.25) is 0 Å². The summed E-state index contributed by atoms with van der Waals surface area (Å²) in [6.45, 7) is 2.36. The van der Waals surface area contributed by atoms with Crippen LogP contribution in [0.3, 0.4) is 0 Å². The third kappa shape index (κ3) is 2.77. The average molecular weight is 273 g/mol. The number of benzene rings is 1. The van der Waals surface area contributed by atoms with E-state index in [0.29, 0.717) is 12.4 Å². The first kappa shape index (κ1) is 14.0. The number of hydrogen-bond acceptors (Lipinski definition) is 3. The molecule has 2 rings (SSSR count). The molecule has 0 atom stereocenters. The number of aromatic nitrogens is 1. The first-order valence-corrected chi connectivity index (χ1v) is 6.37. The first-order chi connectivity index (χ1) is 9.67. The van der Waals surface area contributed by atoms with E-state index in [1.807, 2.05) is 37.3 Å². The molecule has 4 nitrogen and oxygen atoms in total. The van der Waals surface area contributed by atoms with Crippen LogP contribution in [0.2, 0.25) is 0 Å². The number of carbonyl (C=O) groups excluding carboxylic acids is 1. The van der Waals surface area contributed by atoms with Gasteiger partial charge in [-0.05, 0) is 25.1 Å². The standard InChI is InChI=1S/C15H16FN3O/c1-3-19(12-7-5-4-6-8-12)15(20)13-9-11(16)10-18-14(13)17-2/h4-10H,3H2,1-2H3,(H,17,18). The molecule has 0 saturated heterocycles. The molecule has 0 aliphatic heterocycles. The summed E-state index contributed by atoms with van der Waals surface area (Å²) in [4.78, 5) is 18.1. The normalized spacial score (nSPS) is 10.2. The fourth-order valence-electron chi connectivity index (χ4n) is 2.00. The fraction of sp³-hybridized carbons (Fsp3) is 0.200. The fourth-order valence-corrected chi connectivity index (χ4v) is 2.00. The van der Waals surface area contributed by atoms with E-state index in [0.717, 1.165) is 11.9 Å². The lowest BCUT2D eigenvalue weighted by Gasteiger charge is -2.22. The SMILES string of the molecule is CCN(C(=O)c1cc(F)cnc1NC)c1ccccc1. The summed E-state index contributed by atoms with van der Waals surface area (Å²) in [6.07, 6.45) is 1.08. The van der Waals surface area contributed by atoms with Crippen molar-refractivity contribution in [3.05, 3.63) is 54.0 Å². The second-order valence-electron chi connectivity index (χ2n) is 4.18. The molecule has 0 spiro atoms. The van der Waals surface area contributed by atoms with E-state index in [1.165, 1.54) is 6.07 Å². The minimum atomic E-state index is -0.531. The Morgan fingerprint density at radius 1 is 1.35 bits per heavy atom. The number of hydrogen-bond donors (Lipinski definition) is 1. The summed E-state index contributed by atoms with van der Waals surface area (Å²) in [5.41, 5.74) is 0.990. The smallest absolute Gasteiger partial charge is 0.262 e. The van der Waals surface area contributed by atoms with Crippen LogP contribution in [0.1, 0.15) is 17.3 Å². The summed E-state index contributed by atoms with van der Waals surface area (Å²) in [5.74, 6) is -0.447. The second kappa shape index (κ2) is 6.14. The molecule has 1 N–H and O–H groups in total. The van der Waals surface area contributed by atoms with Gasteiger partial charge in [0.15, 0.2) is 0 Å². The maximum atomic E-state index is 13.4. The molecule has 0 bridgehead atoms. The maximum absolute atomic E-state index is 13.4. The van der Waals surface area contributed by atoms with E-state index in [2.05, 4.69) is 10.3 Å². The monoisotopic (exact) mass is 273 g/mol.